The maximum Gasteiger partial charge on any atom is 0.411 e. The van der Waals surface area contributed by atoms with Crippen molar-refractivity contribution in [3.63, 3.8) is 0 Å². The second kappa shape index (κ2) is 8.68. The summed E-state index contributed by atoms with van der Waals surface area (Å²) in [7, 11) is -2.47. The SMILES string of the molecule is COC(=O)Nc1ccc(CNC(=O)CS(=O)(=O)c2ccc(Cl)cc2)cc1. The highest BCUT2D eigenvalue weighted by Gasteiger charge is 2.19. The van der Waals surface area contributed by atoms with Crippen molar-refractivity contribution in [3.05, 3.63) is 59.1 Å². The maximum atomic E-state index is 12.2. The number of nitrogens with one attached hydrogen (secondary N) is 2. The van der Waals surface area contributed by atoms with E-state index >= 15 is 0 Å². The number of carbonyl (C=O) groups is 2. The van der Waals surface area contributed by atoms with Crippen molar-refractivity contribution < 1.29 is 22.7 Å². The van der Waals surface area contributed by atoms with Gasteiger partial charge in [0.25, 0.3) is 0 Å². The highest BCUT2D eigenvalue weighted by atomic mass is 35.5. The van der Waals surface area contributed by atoms with Gasteiger partial charge in [0, 0.05) is 17.3 Å². The molecule has 0 atom stereocenters. The van der Waals surface area contributed by atoms with Crippen molar-refractivity contribution in [1.29, 1.82) is 0 Å². The molecule has 2 N–H and O–H groups in total. The third kappa shape index (κ3) is 5.75. The summed E-state index contributed by atoms with van der Waals surface area (Å²) in [6.07, 6.45) is -0.585. The van der Waals surface area contributed by atoms with E-state index < -0.39 is 27.6 Å². The number of halogens is 1. The molecule has 0 aliphatic carbocycles. The van der Waals surface area contributed by atoms with E-state index in [1.54, 1.807) is 24.3 Å². The van der Waals surface area contributed by atoms with Crippen molar-refractivity contribution in [2.45, 2.75) is 11.4 Å². The number of carbonyl (C=O) groups excluding carboxylic acids is 2. The Morgan fingerprint density at radius 3 is 2.23 bits per heavy atom. The third-order valence-electron chi connectivity index (χ3n) is 3.37. The van der Waals surface area contributed by atoms with Gasteiger partial charge in [0.2, 0.25) is 5.91 Å². The first-order valence-corrected chi connectivity index (χ1v) is 9.52. The molecule has 0 aliphatic rings. The lowest BCUT2D eigenvalue weighted by Gasteiger charge is -2.08. The van der Waals surface area contributed by atoms with Crippen molar-refractivity contribution >= 4 is 39.1 Å². The van der Waals surface area contributed by atoms with E-state index in [1.165, 1.54) is 31.4 Å². The molecular weight excluding hydrogens is 380 g/mol. The molecule has 0 saturated heterocycles. The highest BCUT2D eigenvalue weighted by Crippen LogP contribution is 2.15. The van der Waals surface area contributed by atoms with E-state index in [-0.39, 0.29) is 11.4 Å². The molecular formula is C17H17ClN2O5S. The molecule has 0 unspecified atom stereocenters. The van der Waals surface area contributed by atoms with Crippen LogP contribution in [0.1, 0.15) is 5.56 Å². The van der Waals surface area contributed by atoms with Gasteiger partial charge in [0.05, 0.1) is 12.0 Å². The van der Waals surface area contributed by atoms with Crippen LogP contribution in [-0.2, 0) is 25.9 Å². The van der Waals surface area contributed by atoms with Crippen LogP contribution in [0.4, 0.5) is 10.5 Å². The van der Waals surface area contributed by atoms with Crippen molar-refractivity contribution in [2.24, 2.45) is 0 Å². The predicted molar refractivity (Wildman–Crippen MR) is 97.8 cm³/mol. The summed E-state index contributed by atoms with van der Waals surface area (Å²) in [6, 6.07) is 12.3. The number of rotatable bonds is 6. The zero-order valence-electron chi connectivity index (χ0n) is 13.9. The fraction of sp³-hybridized carbons (Fsp3) is 0.176. The lowest BCUT2D eigenvalue weighted by molar-refractivity contribution is -0.118. The summed E-state index contributed by atoms with van der Waals surface area (Å²) in [5.74, 6) is -1.27. The van der Waals surface area contributed by atoms with Gasteiger partial charge in [-0.1, -0.05) is 23.7 Å². The number of benzene rings is 2. The summed E-state index contributed by atoms with van der Waals surface area (Å²) >= 11 is 5.73. The molecule has 0 saturated carbocycles. The molecule has 2 amide bonds. The van der Waals surface area contributed by atoms with Crippen LogP contribution in [-0.4, -0.2) is 33.3 Å². The first kappa shape index (κ1) is 19.7. The van der Waals surface area contributed by atoms with Gasteiger partial charge in [0.1, 0.15) is 5.75 Å². The normalized spacial score (nSPS) is 10.8. The Morgan fingerprint density at radius 1 is 1.04 bits per heavy atom. The van der Waals surface area contributed by atoms with Crippen LogP contribution < -0.4 is 10.6 Å². The molecule has 2 rings (SSSR count). The molecule has 7 nitrogen and oxygen atoms in total. The van der Waals surface area contributed by atoms with E-state index in [1.807, 2.05) is 0 Å². The smallest absolute Gasteiger partial charge is 0.411 e. The average Bonchev–Trinajstić information content (AvgIpc) is 2.61. The number of hydrogen-bond acceptors (Lipinski definition) is 5. The van der Waals surface area contributed by atoms with Gasteiger partial charge in [-0.15, -0.1) is 0 Å². The molecule has 0 bridgehead atoms. The van der Waals surface area contributed by atoms with Crippen LogP contribution >= 0.6 is 11.6 Å². The van der Waals surface area contributed by atoms with Crippen molar-refractivity contribution in [2.75, 3.05) is 18.2 Å². The summed E-state index contributed by atoms with van der Waals surface area (Å²) in [5.41, 5.74) is 1.29. The number of sulfone groups is 1. The van der Waals surface area contributed by atoms with E-state index in [0.717, 1.165) is 5.56 Å². The second-order valence-corrected chi connectivity index (χ2v) is 7.73. The van der Waals surface area contributed by atoms with Gasteiger partial charge in [-0.05, 0) is 42.0 Å². The van der Waals surface area contributed by atoms with E-state index in [2.05, 4.69) is 15.4 Å². The Labute approximate surface area is 156 Å². The van der Waals surface area contributed by atoms with Gasteiger partial charge in [0.15, 0.2) is 9.84 Å². The Balaban J connectivity index is 1.90. The first-order valence-electron chi connectivity index (χ1n) is 7.49. The van der Waals surface area contributed by atoms with Gasteiger partial charge >= 0.3 is 6.09 Å². The quantitative estimate of drug-likeness (QED) is 0.781. The van der Waals surface area contributed by atoms with Crippen molar-refractivity contribution in [3.8, 4) is 0 Å². The van der Waals surface area contributed by atoms with Gasteiger partial charge in [-0.3, -0.25) is 10.1 Å². The molecule has 0 heterocycles. The molecule has 0 fully saturated rings. The number of methoxy groups -OCH3 is 1. The van der Waals surface area contributed by atoms with Crippen LogP contribution in [0.2, 0.25) is 5.02 Å². The number of anilines is 1. The Kier molecular flexibility index (Phi) is 6.59. The van der Waals surface area contributed by atoms with E-state index in [4.69, 9.17) is 11.6 Å². The topological polar surface area (TPSA) is 102 Å². The number of hydrogen-bond donors (Lipinski definition) is 2. The summed E-state index contributed by atoms with van der Waals surface area (Å²) in [6.45, 7) is 0.160. The third-order valence-corrected chi connectivity index (χ3v) is 5.25. The molecule has 0 aliphatic heterocycles. The molecule has 9 heteroatoms. The molecule has 0 aromatic heterocycles. The van der Waals surface area contributed by atoms with Crippen molar-refractivity contribution in [1.82, 2.24) is 5.32 Å². The Bertz CT molecular complexity index is 880. The largest absolute Gasteiger partial charge is 0.453 e. The van der Waals surface area contributed by atoms with Crippen LogP contribution in [0.5, 0.6) is 0 Å². The lowest BCUT2D eigenvalue weighted by Crippen LogP contribution is -2.29. The summed E-state index contributed by atoms with van der Waals surface area (Å²) in [5, 5.41) is 5.47. The zero-order valence-corrected chi connectivity index (χ0v) is 15.4. The monoisotopic (exact) mass is 396 g/mol. The number of ether oxygens (including phenoxy) is 1. The van der Waals surface area contributed by atoms with E-state index in [9.17, 15) is 18.0 Å². The summed E-state index contributed by atoms with van der Waals surface area (Å²) < 4.78 is 28.9. The van der Waals surface area contributed by atoms with Crippen LogP contribution in [0.25, 0.3) is 0 Å². The van der Waals surface area contributed by atoms with Crippen LogP contribution in [0, 0.1) is 0 Å². The molecule has 0 spiro atoms. The van der Waals surface area contributed by atoms with Crippen LogP contribution in [0.3, 0.4) is 0 Å². The minimum absolute atomic E-state index is 0.0373. The minimum Gasteiger partial charge on any atom is -0.453 e. The average molecular weight is 397 g/mol. The minimum atomic E-state index is -3.74. The fourth-order valence-electron chi connectivity index (χ4n) is 2.02. The molecule has 2 aromatic rings. The second-order valence-electron chi connectivity index (χ2n) is 5.30. The Morgan fingerprint density at radius 2 is 1.65 bits per heavy atom. The maximum absolute atomic E-state index is 12.2. The van der Waals surface area contributed by atoms with Gasteiger partial charge < -0.3 is 10.1 Å². The lowest BCUT2D eigenvalue weighted by atomic mass is 10.2. The summed E-state index contributed by atoms with van der Waals surface area (Å²) in [4.78, 5) is 23.1. The van der Waals surface area contributed by atoms with E-state index in [0.29, 0.717) is 10.7 Å². The molecule has 138 valence electrons. The van der Waals surface area contributed by atoms with Gasteiger partial charge in [-0.2, -0.15) is 0 Å². The Hall–Kier alpha value is -2.58. The molecule has 2 aromatic carbocycles. The predicted octanol–water partition coefficient (Wildman–Crippen LogP) is 2.61. The van der Waals surface area contributed by atoms with Gasteiger partial charge in [-0.25, -0.2) is 13.2 Å². The number of amides is 2. The first-order chi connectivity index (χ1) is 12.3. The fourth-order valence-corrected chi connectivity index (χ4v) is 3.31. The highest BCUT2D eigenvalue weighted by molar-refractivity contribution is 7.92. The molecule has 0 radical (unpaired) electrons. The zero-order chi connectivity index (χ0) is 19.2. The molecule has 26 heavy (non-hydrogen) atoms. The van der Waals surface area contributed by atoms with Crippen LogP contribution in [0.15, 0.2) is 53.4 Å². The standard InChI is InChI=1S/C17H17ClN2O5S/c1-25-17(22)20-14-6-2-12(3-7-14)10-19-16(21)11-26(23,24)15-8-4-13(18)5-9-15/h2-9H,10-11H2,1H3,(H,19,21)(H,20,22).